The molecule has 0 spiro atoms. The molecule has 5 aliphatic carbocycles. The van der Waals surface area contributed by atoms with E-state index >= 15 is 0 Å². The Kier molecular flexibility index (Phi) is 5.73. The van der Waals surface area contributed by atoms with Crippen molar-refractivity contribution < 1.29 is 14.3 Å². The van der Waals surface area contributed by atoms with E-state index in [-0.39, 0.29) is 27.6 Å². The Labute approximate surface area is 260 Å². The van der Waals surface area contributed by atoms with Crippen LogP contribution in [0.2, 0.25) is 0 Å². The van der Waals surface area contributed by atoms with Gasteiger partial charge in [0.2, 0.25) is 0 Å². The molecule has 0 amide bonds. The third kappa shape index (κ3) is 3.24. The lowest BCUT2D eigenvalue weighted by atomic mass is 9.33. The number of carbonyl (C=O) groups is 1. The first-order valence-corrected chi connectivity index (χ1v) is 17.0. The molecule has 0 bridgehead atoms. The molecule has 3 aromatic rings. The van der Waals surface area contributed by atoms with Gasteiger partial charge in [-0.3, -0.25) is 4.79 Å². The number of nitrogens with zero attached hydrogens (tertiary/aromatic N) is 4. The summed E-state index contributed by atoms with van der Waals surface area (Å²) < 4.78 is 7.91. The summed E-state index contributed by atoms with van der Waals surface area (Å²) in [5, 5.41) is 15.4. The maximum absolute atomic E-state index is 13.1. The molecule has 1 N–H and O–H groups in total. The Morgan fingerprint density at radius 1 is 1.05 bits per heavy atom. The number of fused-ring (bicyclic) bond motifs is 9. The van der Waals surface area contributed by atoms with Crippen molar-refractivity contribution >= 4 is 11.7 Å². The molecule has 3 fully saturated rings. The van der Waals surface area contributed by atoms with Gasteiger partial charge in [0.1, 0.15) is 12.0 Å². The van der Waals surface area contributed by atoms with Gasteiger partial charge < -0.3 is 9.52 Å². The number of aliphatic carboxylic acids is 1. The molecule has 0 saturated heterocycles. The van der Waals surface area contributed by atoms with Crippen LogP contribution in [0.3, 0.4) is 0 Å². The molecule has 7 heteroatoms. The average molecular weight is 597 g/mol. The minimum absolute atomic E-state index is 0.0127. The molecule has 44 heavy (non-hydrogen) atoms. The van der Waals surface area contributed by atoms with Crippen LogP contribution in [-0.2, 0) is 16.6 Å². The number of aromatic nitrogens is 4. The van der Waals surface area contributed by atoms with Crippen LogP contribution in [0.25, 0.3) is 17.2 Å². The number of allylic oxidation sites excluding steroid dienone is 2. The predicted molar refractivity (Wildman–Crippen MR) is 169 cm³/mol. The smallest absolute Gasteiger partial charge is 0.310 e. The third-order valence-electron chi connectivity index (χ3n) is 15.0. The maximum atomic E-state index is 13.1. The van der Waals surface area contributed by atoms with Crippen LogP contribution in [0.4, 0.5) is 0 Å². The van der Waals surface area contributed by atoms with Gasteiger partial charge in [0.25, 0.3) is 5.78 Å². The molecule has 0 aliphatic heterocycles. The van der Waals surface area contributed by atoms with E-state index in [4.69, 9.17) is 9.40 Å². The van der Waals surface area contributed by atoms with Crippen molar-refractivity contribution in [3.8, 4) is 11.5 Å². The molecule has 7 nitrogen and oxygen atoms in total. The van der Waals surface area contributed by atoms with Gasteiger partial charge in [-0.05, 0) is 109 Å². The van der Waals surface area contributed by atoms with Gasteiger partial charge in [0.15, 0.2) is 5.76 Å². The number of rotatable bonds is 2. The quantitative estimate of drug-likeness (QED) is 0.300. The van der Waals surface area contributed by atoms with Crippen molar-refractivity contribution in [3.05, 3.63) is 47.6 Å². The number of hydrogen-bond donors (Lipinski definition) is 1. The van der Waals surface area contributed by atoms with Crippen molar-refractivity contribution in [2.24, 2.45) is 51.2 Å². The van der Waals surface area contributed by atoms with E-state index in [0.29, 0.717) is 29.4 Å². The van der Waals surface area contributed by atoms with Crippen molar-refractivity contribution in [1.29, 1.82) is 0 Å². The second-order valence-corrected chi connectivity index (χ2v) is 16.7. The van der Waals surface area contributed by atoms with Crippen LogP contribution in [0.15, 0.2) is 40.8 Å². The molecule has 234 valence electrons. The van der Waals surface area contributed by atoms with Crippen molar-refractivity contribution in [3.63, 3.8) is 0 Å². The number of carboxylic acid groups (broad SMARTS) is 1. The van der Waals surface area contributed by atoms with E-state index in [1.54, 1.807) is 12.6 Å². The molecular weight excluding hydrogens is 548 g/mol. The van der Waals surface area contributed by atoms with Gasteiger partial charge in [-0.15, -0.1) is 0 Å². The summed E-state index contributed by atoms with van der Waals surface area (Å²) in [4.78, 5) is 22.8. The molecule has 5 aliphatic rings. The van der Waals surface area contributed by atoms with E-state index in [9.17, 15) is 9.90 Å². The highest BCUT2D eigenvalue weighted by molar-refractivity contribution is 5.76. The molecule has 0 radical (unpaired) electrons. The number of hydrogen-bond acceptors (Lipinski definition) is 5. The zero-order valence-corrected chi connectivity index (χ0v) is 27.5. The van der Waals surface area contributed by atoms with Crippen molar-refractivity contribution in [2.75, 3.05) is 0 Å². The van der Waals surface area contributed by atoms with Gasteiger partial charge in [-0.2, -0.15) is 14.6 Å². The molecule has 3 aromatic heterocycles. The Morgan fingerprint density at radius 3 is 2.57 bits per heavy atom. The van der Waals surface area contributed by atoms with Gasteiger partial charge >= 0.3 is 5.97 Å². The summed E-state index contributed by atoms with van der Waals surface area (Å²) in [5.41, 5.74) is 4.19. The fraction of sp³-hybridized carbons (Fsp3) is 0.676. The van der Waals surface area contributed by atoms with Crippen LogP contribution < -0.4 is 0 Å². The lowest BCUT2D eigenvalue weighted by Gasteiger charge is -2.70. The molecule has 0 aromatic carbocycles. The minimum atomic E-state index is -0.611. The lowest BCUT2D eigenvalue weighted by Crippen LogP contribution is -2.65. The highest BCUT2D eigenvalue weighted by atomic mass is 16.4. The van der Waals surface area contributed by atoms with Crippen LogP contribution >= 0.6 is 0 Å². The van der Waals surface area contributed by atoms with Gasteiger partial charge in [0, 0.05) is 11.0 Å². The van der Waals surface area contributed by atoms with Gasteiger partial charge in [-0.25, -0.2) is 4.98 Å². The second kappa shape index (κ2) is 8.85. The molecular formula is C37H48N4O3. The van der Waals surface area contributed by atoms with Crippen LogP contribution in [0.5, 0.6) is 0 Å². The Bertz CT molecular complexity index is 1700. The highest BCUT2D eigenvalue weighted by Gasteiger charge is 2.69. The Morgan fingerprint density at radius 2 is 1.84 bits per heavy atom. The first-order chi connectivity index (χ1) is 20.8. The topological polar surface area (TPSA) is 93.5 Å². The minimum Gasteiger partial charge on any atom is -0.481 e. The van der Waals surface area contributed by atoms with E-state index < -0.39 is 11.4 Å². The molecule has 3 heterocycles. The SMILES string of the molecule is C[C@@H]1CC[C@]2(C(=O)O)CC[C@]3(C)C(=CCC4[C@@]5(C)Cc6c(nc7ncnn7c6-c6ccco6)C(C)(C)C5CC[C@]43C)C2[C@H]1C. The Balaban J connectivity index is 1.30. The van der Waals surface area contributed by atoms with Crippen LogP contribution in [-0.4, -0.2) is 30.7 Å². The largest absolute Gasteiger partial charge is 0.481 e. The lowest BCUT2D eigenvalue weighted by molar-refractivity contribution is -0.179. The zero-order valence-electron chi connectivity index (χ0n) is 27.5. The normalized spacial score (nSPS) is 42.3. The summed E-state index contributed by atoms with van der Waals surface area (Å²) in [7, 11) is 0. The van der Waals surface area contributed by atoms with Crippen LogP contribution in [0, 0.1) is 51.2 Å². The fourth-order valence-electron chi connectivity index (χ4n) is 12.4. The maximum Gasteiger partial charge on any atom is 0.310 e. The third-order valence-corrected chi connectivity index (χ3v) is 15.0. The summed E-state index contributed by atoms with van der Waals surface area (Å²) in [5.74, 6) is 2.88. The summed E-state index contributed by atoms with van der Waals surface area (Å²) in [6, 6.07) is 3.98. The molecule has 3 saturated carbocycles. The highest BCUT2D eigenvalue weighted by Crippen LogP contribution is 2.75. The predicted octanol–water partition coefficient (Wildman–Crippen LogP) is 8.14. The van der Waals surface area contributed by atoms with E-state index in [0.717, 1.165) is 62.1 Å². The Hall–Kier alpha value is -2.96. The standard InChI is InChI=1S/C37H48N4O3/c1-21-12-15-37(31(42)43)17-16-35(6)24(28(37)22(21)2)10-11-27-34(5)19-23-29(25-9-8-18-44-25)41-32(38-20-39-41)40-30(23)33(3,4)26(34)13-14-36(27,35)7/h8-10,18,20-22,26-28H,11-17,19H2,1-7H3,(H,42,43)/t21-,22+,26?,27?,28?,34+,35-,36-,37+/m1/s1. The van der Waals surface area contributed by atoms with E-state index in [1.165, 1.54) is 17.6 Å². The molecule has 9 atom stereocenters. The van der Waals surface area contributed by atoms with Crippen molar-refractivity contribution in [2.45, 2.75) is 105 Å². The monoisotopic (exact) mass is 596 g/mol. The first-order valence-electron chi connectivity index (χ1n) is 17.0. The second-order valence-electron chi connectivity index (χ2n) is 16.7. The molecule has 8 rings (SSSR count). The molecule has 3 unspecified atom stereocenters. The average Bonchev–Trinajstić information content (AvgIpc) is 3.67. The van der Waals surface area contributed by atoms with Crippen LogP contribution in [0.1, 0.15) is 105 Å². The van der Waals surface area contributed by atoms with E-state index in [1.807, 2.05) is 16.6 Å². The number of furan rings is 1. The van der Waals surface area contributed by atoms with Gasteiger partial charge in [0.05, 0.1) is 17.4 Å². The first kappa shape index (κ1) is 28.5. The fourth-order valence-corrected chi connectivity index (χ4v) is 12.4. The van der Waals surface area contributed by atoms with E-state index in [2.05, 4.69) is 64.6 Å². The summed E-state index contributed by atoms with van der Waals surface area (Å²) in [6.45, 7) is 17.2. The van der Waals surface area contributed by atoms with Gasteiger partial charge in [-0.1, -0.05) is 60.1 Å². The zero-order chi connectivity index (χ0) is 31.0. The summed E-state index contributed by atoms with van der Waals surface area (Å²) in [6.07, 6.45) is 13.8. The summed E-state index contributed by atoms with van der Waals surface area (Å²) >= 11 is 0. The number of carboxylic acids is 1. The van der Waals surface area contributed by atoms with Crippen molar-refractivity contribution in [1.82, 2.24) is 19.6 Å².